The number of hydrogen-bond acceptors (Lipinski definition) is 6. The van der Waals surface area contributed by atoms with Crippen molar-refractivity contribution >= 4 is 28.2 Å². The number of ether oxygens (including phenoxy) is 1. The molecule has 0 saturated carbocycles. The van der Waals surface area contributed by atoms with Gasteiger partial charge in [0.1, 0.15) is 0 Å². The molecule has 0 unspecified atom stereocenters. The molecular weight excluding hydrogens is 226 g/mol. The van der Waals surface area contributed by atoms with Gasteiger partial charge in [-0.25, -0.2) is 9.52 Å². The number of nitrogens with zero attached hydrogens (tertiary/aromatic N) is 3. The average molecular weight is 235 g/mol. The number of carbonyl (C=O) groups is 1. The standard InChI is InChI=1S/C5H9N5O4S/c1-7-4-8-3(6)10(5(11)14-2)15(12,13)9-4/h1-2H3,(H3,6,7,8,9). The van der Waals surface area contributed by atoms with E-state index < -0.39 is 22.3 Å². The molecule has 0 fully saturated rings. The van der Waals surface area contributed by atoms with Crippen molar-refractivity contribution in [2.24, 2.45) is 15.7 Å². The lowest BCUT2D eigenvalue weighted by Crippen LogP contribution is -2.56. The van der Waals surface area contributed by atoms with Crippen molar-refractivity contribution in [1.82, 2.24) is 9.03 Å². The van der Waals surface area contributed by atoms with E-state index in [1.165, 1.54) is 7.05 Å². The number of hydrogen-bond donors (Lipinski definition) is 2. The third kappa shape index (κ3) is 1.98. The number of carbonyl (C=O) groups excluding carboxylic acids is 1. The first-order valence-corrected chi connectivity index (χ1v) is 5.08. The van der Waals surface area contributed by atoms with Crippen molar-refractivity contribution in [1.29, 1.82) is 0 Å². The summed E-state index contributed by atoms with van der Waals surface area (Å²) >= 11 is 0. The number of aliphatic imine (C=N–C) groups is 2. The molecule has 0 aromatic rings. The lowest BCUT2D eigenvalue weighted by molar-refractivity contribution is 0.161. The van der Waals surface area contributed by atoms with Crippen LogP contribution in [-0.4, -0.2) is 44.9 Å². The SMILES string of the molecule is CN=C1N=C(N)N(C(=O)OC)S(=O)(=O)N1. The summed E-state index contributed by atoms with van der Waals surface area (Å²) in [5.74, 6) is -0.728. The normalized spacial score (nSPS) is 21.9. The molecule has 84 valence electrons. The van der Waals surface area contributed by atoms with Crippen LogP contribution in [0.5, 0.6) is 0 Å². The van der Waals surface area contributed by atoms with Crippen LogP contribution in [0.2, 0.25) is 0 Å². The van der Waals surface area contributed by atoms with E-state index in [9.17, 15) is 13.2 Å². The van der Waals surface area contributed by atoms with E-state index in [4.69, 9.17) is 5.73 Å². The first kappa shape index (κ1) is 11.2. The fraction of sp³-hybridized carbons (Fsp3) is 0.400. The molecule has 0 spiro atoms. The zero-order valence-electron chi connectivity index (χ0n) is 7.96. The molecule has 0 aromatic carbocycles. The van der Waals surface area contributed by atoms with E-state index in [-0.39, 0.29) is 10.3 Å². The van der Waals surface area contributed by atoms with E-state index >= 15 is 0 Å². The largest absolute Gasteiger partial charge is 0.452 e. The summed E-state index contributed by atoms with van der Waals surface area (Å²) in [5.41, 5.74) is 5.27. The van der Waals surface area contributed by atoms with Crippen LogP contribution in [0.4, 0.5) is 4.79 Å². The maximum absolute atomic E-state index is 11.4. The fourth-order valence-corrected chi connectivity index (χ4v) is 1.85. The van der Waals surface area contributed by atoms with Crippen LogP contribution >= 0.6 is 0 Å². The number of nitrogens with one attached hydrogen (secondary N) is 1. The quantitative estimate of drug-likeness (QED) is 0.512. The van der Waals surface area contributed by atoms with Crippen molar-refractivity contribution in [2.45, 2.75) is 0 Å². The zero-order valence-corrected chi connectivity index (χ0v) is 8.78. The molecule has 10 heteroatoms. The number of guanidine groups is 2. The summed E-state index contributed by atoms with van der Waals surface area (Å²) in [7, 11) is -1.78. The van der Waals surface area contributed by atoms with Crippen LogP contribution in [-0.2, 0) is 14.9 Å². The van der Waals surface area contributed by atoms with E-state index in [2.05, 4.69) is 14.7 Å². The Morgan fingerprint density at radius 2 is 2.27 bits per heavy atom. The number of nitrogens with two attached hydrogens (primary N) is 1. The molecule has 1 rings (SSSR count). The fourth-order valence-electron chi connectivity index (χ4n) is 0.831. The van der Waals surface area contributed by atoms with Gasteiger partial charge in [-0.05, 0) is 0 Å². The van der Waals surface area contributed by atoms with Gasteiger partial charge in [0.2, 0.25) is 11.9 Å². The summed E-state index contributed by atoms with van der Waals surface area (Å²) in [4.78, 5) is 18.1. The molecule has 1 amide bonds. The molecule has 0 saturated heterocycles. The number of amides is 1. The molecule has 3 N–H and O–H groups in total. The minimum atomic E-state index is -4.12. The predicted octanol–water partition coefficient (Wildman–Crippen LogP) is -1.80. The summed E-state index contributed by atoms with van der Waals surface area (Å²) in [6, 6.07) is 0. The lowest BCUT2D eigenvalue weighted by atomic mass is 10.8. The van der Waals surface area contributed by atoms with E-state index in [0.717, 1.165) is 7.11 Å². The van der Waals surface area contributed by atoms with Crippen LogP contribution in [0.3, 0.4) is 0 Å². The van der Waals surface area contributed by atoms with Crippen LogP contribution < -0.4 is 10.5 Å². The molecule has 0 atom stereocenters. The van der Waals surface area contributed by atoms with E-state index in [1.807, 2.05) is 4.72 Å². The van der Waals surface area contributed by atoms with Crippen molar-refractivity contribution in [3.63, 3.8) is 0 Å². The molecule has 0 bridgehead atoms. The molecule has 1 aliphatic rings. The monoisotopic (exact) mass is 235 g/mol. The van der Waals surface area contributed by atoms with Gasteiger partial charge in [0.25, 0.3) is 0 Å². The molecular formula is C5H9N5O4S. The smallest absolute Gasteiger partial charge is 0.432 e. The highest BCUT2D eigenvalue weighted by molar-refractivity contribution is 7.89. The van der Waals surface area contributed by atoms with Gasteiger partial charge in [-0.15, -0.1) is 4.31 Å². The third-order valence-corrected chi connectivity index (χ3v) is 2.70. The van der Waals surface area contributed by atoms with Crippen LogP contribution in [0.1, 0.15) is 0 Å². The summed E-state index contributed by atoms with van der Waals surface area (Å²) in [6.45, 7) is 0. The van der Waals surface area contributed by atoms with Crippen LogP contribution in [0.25, 0.3) is 0 Å². The maximum atomic E-state index is 11.4. The first-order chi connectivity index (χ1) is 6.92. The Bertz CT molecular complexity index is 438. The molecule has 15 heavy (non-hydrogen) atoms. The van der Waals surface area contributed by atoms with Crippen LogP contribution in [0, 0.1) is 0 Å². The molecule has 0 aliphatic carbocycles. The van der Waals surface area contributed by atoms with Gasteiger partial charge in [0.05, 0.1) is 7.11 Å². The second-order valence-electron chi connectivity index (χ2n) is 2.36. The Labute approximate surface area is 85.8 Å². The average Bonchev–Trinajstić information content (AvgIpc) is 2.14. The molecule has 9 nitrogen and oxygen atoms in total. The first-order valence-electron chi connectivity index (χ1n) is 3.64. The van der Waals surface area contributed by atoms with Gasteiger partial charge in [0.15, 0.2) is 0 Å². The minimum Gasteiger partial charge on any atom is -0.452 e. The van der Waals surface area contributed by atoms with Gasteiger partial charge < -0.3 is 10.5 Å². The Morgan fingerprint density at radius 3 is 2.67 bits per heavy atom. The third-order valence-electron chi connectivity index (χ3n) is 1.44. The topological polar surface area (TPSA) is 126 Å². The van der Waals surface area contributed by atoms with Crippen molar-refractivity contribution in [3.05, 3.63) is 0 Å². The van der Waals surface area contributed by atoms with Crippen molar-refractivity contribution in [2.75, 3.05) is 14.2 Å². The molecule has 0 radical (unpaired) electrons. The Hall–Kier alpha value is -1.84. The van der Waals surface area contributed by atoms with Crippen molar-refractivity contribution < 1.29 is 17.9 Å². The molecule has 0 aromatic heterocycles. The van der Waals surface area contributed by atoms with E-state index in [0.29, 0.717) is 0 Å². The summed E-state index contributed by atoms with van der Waals surface area (Å²) in [6.07, 6.45) is -1.15. The molecule has 1 heterocycles. The highest BCUT2D eigenvalue weighted by Crippen LogP contribution is 2.06. The van der Waals surface area contributed by atoms with Gasteiger partial charge >= 0.3 is 16.3 Å². The van der Waals surface area contributed by atoms with Crippen LogP contribution in [0.15, 0.2) is 9.98 Å². The van der Waals surface area contributed by atoms with Gasteiger partial charge in [-0.1, -0.05) is 0 Å². The van der Waals surface area contributed by atoms with Gasteiger partial charge in [0, 0.05) is 7.05 Å². The Balaban J connectivity index is 3.23. The minimum absolute atomic E-state index is 0.196. The van der Waals surface area contributed by atoms with E-state index in [1.54, 1.807) is 0 Å². The Kier molecular flexibility index (Phi) is 2.79. The number of rotatable bonds is 0. The lowest BCUT2D eigenvalue weighted by Gasteiger charge is -2.23. The van der Waals surface area contributed by atoms with Gasteiger partial charge in [-0.3, -0.25) is 4.99 Å². The second-order valence-corrected chi connectivity index (χ2v) is 3.88. The summed E-state index contributed by atoms with van der Waals surface area (Å²) < 4.78 is 29.2. The highest BCUT2D eigenvalue weighted by atomic mass is 32.2. The maximum Gasteiger partial charge on any atom is 0.432 e. The van der Waals surface area contributed by atoms with Crippen molar-refractivity contribution in [3.8, 4) is 0 Å². The number of methoxy groups -OCH3 is 1. The van der Waals surface area contributed by atoms with Gasteiger partial charge in [-0.2, -0.15) is 13.4 Å². The molecule has 1 aliphatic heterocycles. The zero-order chi connectivity index (χ0) is 11.6. The second kappa shape index (κ2) is 3.73. The predicted molar refractivity (Wildman–Crippen MR) is 51.3 cm³/mol. The summed E-state index contributed by atoms with van der Waals surface area (Å²) in [5, 5.41) is 0. The Morgan fingerprint density at radius 1 is 1.67 bits per heavy atom. The highest BCUT2D eigenvalue weighted by Gasteiger charge is 2.36.